The first-order chi connectivity index (χ1) is 11.0. The van der Waals surface area contributed by atoms with Crippen LogP contribution in [-0.4, -0.2) is 77.3 Å². The zero-order valence-corrected chi connectivity index (χ0v) is 13.6. The summed E-state index contributed by atoms with van der Waals surface area (Å²) >= 11 is 0. The third-order valence-electron chi connectivity index (χ3n) is 4.23. The fraction of sp³-hybridized carbons (Fsp3) is 0.733. The van der Waals surface area contributed by atoms with Crippen molar-refractivity contribution in [1.29, 1.82) is 0 Å². The molecule has 8 heteroatoms. The van der Waals surface area contributed by atoms with E-state index in [0.29, 0.717) is 26.1 Å². The summed E-state index contributed by atoms with van der Waals surface area (Å²) < 4.78 is 5.02. The minimum atomic E-state index is -0.823. The number of nitrogens with zero attached hydrogens (tertiary/aromatic N) is 3. The second-order valence-corrected chi connectivity index (χ2v) is 5.58. The standard InChI is InChI=1S/C15H23N3O5/c1-3-16-9-10-18(13(20)12(16)19)15(22)17-8-6-5-7-11(17)14(21)23-4-2/h11H,3-10H2,1-2H3. The molecule has 4 amide bonds. The highest BCUT2D eigenvalue weighted by Crippen LogP contribution is 2.21. The maximum atomic E-state index is 12.7. The molecule has 2 fully saturated rings. The largest absolute Gasteiger partial charge is 0.464 e. The van der Waals surface area contributed by atoms with Crippen LogP contribution in [0.3, 0.4) is 0 Å². The number of hydrogen-bond acceptors (Lipinski definition) is 5. The summed E-state index contributed by atoms with van der Waals surface area (Å²) in [6, 6.07) is -1.25. The van der Waals surface area contributed by atoms with Crippen LogP contribution in [0.25, 0.3) is 0 Å². The summed E-state index contributed by atoms with van der Waals surface area (Å²) in [5, 5.41) is 0. The van der Waals surface area contributed by atoms with Crippen LogP contribution in [-0.2, 0) is 19.1 Å². The van der Waals surface area contributed by atoms with Gasteiger partial charge in [-0.1, -0.05) is 0 Å². The minimum Gasteiger partial charge on any atom is -0.464 e. The Kier molecular flexibility index (Phi) is 5.57. The molecule has 0 aromatic heterocycles. The topological polar surface area (TPSA) is 87.2 Å². The van der Waals surface area contributed by atoms with E-state index in [1.54, 1.807) is 13.8 Å². The molecular weight excluding hydrogens is 302 g/mol. The van der Waals surface area contributed by atoms with E-state index < -0.39 is 29.9 Å². The Hall–Kier alpha value is -2.12. The van der Waals surface area contributed by atoms with E-state index >= 15 is 0 Å². The summed E-state index contributed by atoms with van der Waals surface area (Å²) in [5.41, 5.74) is 0. The van der Waals surface area contributed by atoms with Crippen molar-refractivity contribution in [3.63, 3.8) is 0 Å². The Morgan fingerprint density at radius 1 is 1.09 bits per heavy atom. The van der Waals surface area contributed by atoms with Gasteiger partial charge in [-0.2, -0.15) is 0 Å². The number of imide groups is 1. The van der Waals surface area contributed by atoms with Gasteiger partial charge in [0.05, 0.1) is 6.61 Å². The van der Waals surface area contributed by atoms with E-state index in [2.05, 4.69) is 0 Å². The predicted octanol–water partition coefficient (Wildman–Crippen LogP) is 0.215. The maximum Gasteiger partial charge on any atom is 0.328 e. The lowest BCUT2D eigenvalue weighted by Crippen LogP contribution is -2.61. The molecule has 0 aromatic rings. The SMILES string of the molecule is CCOC(=O)C1CCCCN1C(=O)N1CCN(CC)C(=O)C1=O. The normalized spacial score (nSPS) is 22.3. The van der Waals surface area contributed by atoms with Gasteiger partial charge in [0.2, 0.25) is 0 Å². The van der Waals surface area contributed by atoms with Crippen molar-refractivity contribution >= 4 is 23.8 Å². The molecule has 0 N–H and O–H groups in total. The second kappa shape index (κ2) is 7.43. The average Bonchev–Trinajstić information content (AvgIpc) is 2.57. The van der Waals surface area contributed by atoms with Gasteiger partial charge in [0, 0.05) is 26.2 Å². The molecule has 1 unspecified atom stereocenters. The van der Waals surface area contributed by atoms with Crippen molar-refractivity contribution in [2.24, 2.45) is 0 Å². The van der Waals surface area contributed by atoms with Gasteiger partial charge in [-0.25, -0.2) is 9.59 Å². The van der Waals surface area contributed by atoms with Gasteiger partial charge < -0.3 is 14.5 Å². The summed E-state index contributed by atoms with van der Waals surface area (Å²) in [6.07, 6.45) is 2.10. The third kappa shape index (κ3) is 3.46. The zero-order valence-electron chi connectivity index (χ0n) is 13.6. The van der Waals surface area contributed by atoms with E-state index in [0.717, 1.165) is 17.7 Å². The number of piperidine rings is 1. The van der Waals surface area contributed by atoms with Crippen molar-refractivity contribution in [3.05, 3.63) is 0 Å². The number of ether oxygens (including phenoxy) is 1. The Labute approximate surface area is 135 Å². The molecule has 2 rings (SSSR count). The van der Waals surface area contributed by atoms with Crippen LogP contribution in [0.1, 0.15) is 33.1 Å². The lowest BCUT2D eigenvalue weighted by atomic mass is 10.0. The van der Waals surface area contributed by atoms with E-state index in [1.807, 2.05) is 0 Å². The van der Waals surface area contributed by atoms with Crippen LogP contribution in [0, 0.1) is 0 Å². The summed E-state index contributed by atoms with van der Waals surface area (Å²) in [7, 11) is 0. The number of amides is 4. The molecule has 0 aliphatic carbocycles. The summed E-state index contributed by atoms with van der Waals surface area (Å²) in [6.45, 7) is 5.03. The molecular formula is C15H23N3O5. The maximum absolute atomic E-state index is 12.7. The quantitative estimate of drug-likeness (QED) is 0.547. The molecule has 1 atom stereocenters. The second-order valence-electron chi connectivity index (χ2n) is 5.58. The van der Waals surface area contributed by atoms with Crippen molar-refractivity contribution in [1.82, 2.24) is 14.7 Å². The molecule has 128 valence electrons. The molecule has 2 heterocycles. The Bertz CT molecular complexity index is 507. The van der Waals surface area contributed by atoms with Gasteiger partial charge in [0.1, 0.15) is 6.04 Å². The van der Waals surface area contributed by atoms with Crippen LogP contribution in [0.5, 0.6) is 0 Å². The number of rotatable bonds is 3. The molecule has 23 heavy (non-hydrogen) atoms. The first kappa shape index (κ1) is 17.2. The van der Waals surface area contributed by atoms with Crippen molar-refractivity contribution in [3.8, 4) is 0 Å². The van der Waals surface area contributed by atoms with Crippen molar-refractivity contribution < 1.29 is 23.9 Å². The van der Waals surface area contributed by atoms with E-state index in [4.69, 9.17) is 4.74 Å². The molecule has 0 saturated carbocycles. The number of piperazine rings is 1. The average molecular weight is 325 g/mol. The van der Waals surface area contributed by atoms with Crippen molar-refractivity contribution in [2.75, 3.05) is 32.8 Å². The molecule has 0 radical (unpaired) electrons. The number of esters is 1. The Morgan fingerprint density at radius 3 is 2.48 bits per heavy atom. The fourth-order valence-electron chi connectivity index (χ4n) is 2.96. The van der Waals surface area contributed by atoms with Crippen LogP contribution in [0.4, 0.5) is 4.79 Å². The smallest absolute Gasteiger partial charge is 0.328 e. The first-order valence-electron chi connectivity index (χ1n) is 8.09. The molecule has 0 bridgehead atoms. The predicted molar refractivity (Wildman–Crippen MR) is 80.3 cm³/mol. The van der Waals surface area contributed by atoms with Crippen molar-refractivity contribution in [2.45, 2.75) is 39.2 Å². The monoisotopic (exact) mass is 325 g/mol. The number of likely N-dealkylation sites (N-methyl/N-ethyl adjacent to an activating group) is 1. The summed E-state index contributed by atoms with van der Waals surface area (Å²) in [5.74, 6) is -1.94. The zero-order chi connectivity index (χ0) is 17.0. The van der Waals surface area contributed by atoms with Crippen LogP contribution in [0.2, 0.25) is 0 Å². The van der Waals surface area contributed by atoms with Gasteiger partial charge in [-0.3, -0.25) is 14.5 Å². The highest BCUT2D eigenvalue weighted by Gasteiger charge is 2.41. The number of urea groups is 1. The van der Waals surface area contributed by atoms with Gasteiger partial charge in [0.25, 0.3) is 0 Å². The molecule has 0 spiro atoms. The molecule has 0 aromatic carbocycles. The van der Waals surface area contributed by atoms with Crippen LogP contribution < -0.4 is 0 Å². The molecule has 8 nitrogen and oxygen atoms in total. The Balaban J connectivity index is 2.12. The Morgan fingerprint density at radius 2 is 1.83 bits per heavy atom. The highest BCUT2D eigenvalue weighted by molar-refractivity contribution is 6.38. The number of carbonyl (C=O) groups excluding carboxylic acids is 4. The van der Waals surface area contributed by atoms with Gasteiger partial charge in [0.15, 0.2) is 0 Å². The number of hydrogen-bond donors (Lipinski definition) is 0. The van der Waals surface area contributed by atoms with Gasteiger partial charge in [-0.05, 0) is 33.1 Å². The summed E-state index contributed by atoms with van der Waals surface area (Å²) in [4.78, 5) is 52.5. The molecule has 2 aliphatic rings. The molecule has 2 saturated heterocycles. The van der Waals surface area contributed by atoms with Crippen LogP contribution >= 0.6 is 0 Å². The third-order valence-corrected chi connectivity index (χ3v) is 4.23. The van der Waals surface area contributed by atoms with Crippen LogP contribution in [0.15, 0.2) is 0 Å². The highest BCUT2D eigenvalue weighted by atomic mass is 16.5. The lowest BCUT2D eigenvalue weighted by Gasteiger charge is -2.39. The van der Waals surface area contributed by atoms with Gasteiger partial charge in [-0.15, -0.1) is 0 Å². The molecule has 2 aliphatic heterocycles. The number of carbonyl (C=O) groups is 4. The van der Waals surface area contributed by atoms with E-state index in [1.165, 1.54) is 9.80 Å². The van der Waals surface area contributed by atoms with E-state index in [9.17, 15) is 19.2 Å². The van der Waals surface area contributed by atoms with E-state index in [-0.39, 0.29) is 13.2 Å². The number of likely N-dealkylation sites (tertiary alicyclic amines) is 1. The fourth-order valence-corrected chi connectivity index (χ4v) is 2.96. The first-order valence-corrected chi connectivity index (χ1v) is 8.09. The lowest BCUT2D eigenvalue weighted by molar-refractivity contribution is -0.155. The van der Waals surface area contributed by atoms with Gasteiger partial charge >= 0.3 is 23.8 Å². The minimum absolute atomic E-state index is 0.156.